The molecule has 5 heteroatoms. The molecule has 0 aliphatic rings. The molecule has 20 heavy (non-hydrogen) atoms. The minimum Gasteiger partial charge on any atom is -0.346 e. The Bertz CT molecular complexity index is 631. The van der Waals surface area contributed by atoms with E-state index in [4.69, 9.17) is 0 Å². The molecular weight excluding hydrogens is 323 g/mol. The number of nitrogens with one attached hydrogen (secondary N) is 1. The maximum absolute atomic E-state index is 13.1. The van der Waals surface area contributed by atoms with Crippen molar-refractivity contribution in [1.29, 1.82) is 0 Å². The first kappa shape index (κ1) is 14.7. The molecule has 0 spiro atoms. The maximum Gasteiger partial charge on any atom is 0.251 e. The molecule has 0 aliphatic carbocycles. The third-order valence-corrected chi connectivity index (χ3v) is 3.57. The van der Waals surface area contributed by atoms with Crippen LogP contribution in [0.15, 0.2) is 41.0 Å². The van der Waals surface area contributed by atoms with Crippen LogP contribution in [-0.4, -0.2) is 10.9 Å². The van der Waals surface area contributed by atoms with Gasteiger partial charge in [-0.15, -0.1) is 0 Å². The molecule has 1 heterocycles. The normalized spacial score (nSPS) is 10.3. The van der Waals surface area contributed by atoms with Crippen LogP contribution in [-0.2, 0) is 13.0 Å². The number of amides is 1. The van der Waals surface area contributed by atoms with Crippen LogP contribution in [0.2, 0.25) is 0 Å². The fraction of sp³-hybridized carbons (Fsp3) is 0.200. The summed E-state index contributed by atoms with van der Waals surface area (Å²) in [6, 6.07) is 8.04. The van der Waals surface area contributed by atoms with Crippen LogP contribution in [0, 0.1) is 5.82 Å². The van der Waals surface area contributed by atoms with E-state index in [0.29, 0.717) is 12.1 Å². The zero-order chi connectivity index (χ0) is 14.5. The van der Waals surface area contributed by atoms with Gasteiger partial charge in [-0.2, -0.15) is 0 Å². The van der Waals surface area contributed by atoms with Crippen LogP contribution < -0.4 is 5.32 Å². The van der Waals surface area contributed by atoms with Gasteiger partial charge in [0.2, 0.25) is 0 Å². The van der Waals surface area contributed by atoms with Crippen molar-refractivity contribution >= 4 is 21.8 Å². The van der Waals surface area contributed by atoms with Crippen LogP contribution in [0.1, 0.15) is 28.5 Å². The molecular formula is C15H14BrFN2O. The summed E-state index contributed by atoms with van der Waals surface area (Å²) in [4.78, 5) is 16.3. The molecule has 0 aliphatic heterocycles. The smallest absolute Gasteiger partial charge is 0.251 e. The topological polar surface area (TPSA) is 42.0 Å². The third-order valence-electron chi connectivity index (χ3n) is 2.96. The van der Waals surface area contributed by atoms with Crippen LogP contribution in [0.5, 0.6) is 0 Å². The summed E-state index contributed by atoms with van der Waals surface area (Å²) in [6.45, 7) is 2.40. The van der Waals surface area contributed by atoms with Crippen molar-refractivity contribution in [2.45, 2.75) is 19.9 Å². The summed E-state index contributed by atoms with van der Waals surface area (Å²) in [5, 5.41) is 2.79. The lowest BCUT2D eigenvalue weighted by atomic mass is 10.1. The molecule has 0 radical (unpaired) electrons. The molecule has 0 saturated heterocycles. The molecule has 1 aromatic heterocycles. The number of hydrogen-bond acceptors (Lipinski definition) is 2. The Hall–Kier alpha value is -1.75. The Morgan fingerprint density at radius 1 is 1.40 bits per heavy atom. The summed E-state index contributed by atoms with van der Waals surface area (Å²) in [6.07, 6.45) is 2.57. The van der Waals surface area contributed by atoms with E-state index in [1.165, 1.54) is 18.2 Å². The van der Waals surface area contributed by atoms with Crippen LogP contribution in [0.25, 0.3) is 0 Å². The van der Waals surface area contributed by atoms with Gasteiger partial charge in [0, 0.05) is 11.8 Å². The van der Waals surface area contributed by atoms with Gasteiger partial charge in [-0.1, -0.05) is 13.0 Å². The van der Waals surface area contributed by atoms with Crippen molar-refractivity contribution in [3.8, 4) is 0 Å². The van der Waals surface area contributed by atoms with Crippen molar-refractivity contribution in [3.05, 3.63) is 63.6 Å². The predicted octanol–water partition coefficient (Wildman–Crippen LogP) is 3.48. The first-order valence-electron chi connectivity index (χ1n) is 6.28. The number of aromatic nitrogens is 1. The van der Waals surface area contributed by atoms with Gasteiger partial charge in [0.05, 0.1) is 16.7 Å². The van der Waals surface area contributed by atoms with Crippen LogP contribution >= 0.6 is 15.9 Å². The minimum atomic E-state index is -0.389. The van der Waals surface area contributed by atoms with E-state index in [0.717, 1.165) is 17.7 Å². The second kappa shape index (κ2) is 6.61. The molecule has 104 valence electrons. The molecule has 2 aromatic rings. The number of halogens is 2. The van der Waals surface area contributed by atoms with Crippen LogP contribution in [0.4, 0.5) is 4.39 Å². The Morgan fingerprint density at radius 3 is 2.90 bits per heavy atom. The largest absolute Gasteiger partial charge is 0.346 e. The fourth-order valence-corrected chi connectivity index (χ4v) is 2.23. The van der Waals surface area contributed by atoms with Gasteiger partial charge in [-0.05, 0) is 52.2 Å². The molecule has 3 nitrogen and oxygen atoms in total. The standard InChI is InChI=1S/C15H14BrFN2O/c1-2-10-4-3-7-18-14(10)9-19-15(20)11-5-6-13(17)12(16)8-11/h3-8H,2,9H2,1H3,(H,19,20). The van der Waals surface area contributed by atoms with E-state index in [1.54, 1.807) is 6.20 Å². The van der Waals surface area contributed by atoms with Gasteiger partial charge in [0.1, 0.15) is 5.82 Å². The molecule has 0 fully saturated rings. The molecule has 1 N–H and O–H groups in total. The van der Waals surface area contributed by atoms with E-state index < -0.39 is 0 Å². The summed E-state index contributed by atoms with van der Waals surface area (Å²) in [5.41, 5.74) is 2.37. The Morgan fingerprint density at radius 2 is 2.20 bits per heavy atom. The fourth-order valence-electron chi connectivity index (χ4n) is 1.86. The average molecular weight is 337 g/mol. The first-order chi connectivity index (χ1) is 9.61. The average Bonchev–Trinajstić information content (AvgIpc) is 2.47. The number of rotatable bonds is 4. The quantitative estimate of drug-likeness (QED) is 0.928. The number of pyridine rings is 1. The van der Waals surface area contributed by atoms with Gasteiger partial charge < -0.3 is 5.32 Å². The first-order valence-corrected chi connectivity index (χ1v) is 7.07. The number of benzene rings is 1. The second-order valence-electron chi connectivity index (χ2n) is 4.27. The zero-order valence-corrected chi connectivity index (χ0v) is 12.6. The molecule has 0 unspecified atom stereocenters. The monoisotopic (exact) mass is 336 g/mol. The van der Waals surface area contributed by atoms with E-state index in [2.05, 4.69) is 26.2 Å². The highest BCUT2D eigenvalue weighted by Gasteiger charge is 2.09. The van der Waals surface area contributed by atoms with Crippen molar-refractivity contribution in [2.24, 2.45) is 0 Å². The molecule has 1 aromatic carbocycles. The Balaban J connectivity index is 2.06. The maximum atomic E-state index is 13.1. The number of hydrogen-bond donors (Lipinski definition) is 1. The molecule has 0 atom stereocenters. The SMILES string of the molecule is CCc1cccnc1CNC(=O)c1ccc(F)c(Br)c1. The Kier molecular flexibility index (Phi) is 4.84. The number of carbonyl (C=O) groups is 1. The van der Waals surface area contributed by atoms with Crippen molar-refractivity contribution in [2.75, 3.05) is 0 Å². The summed E-state index contributed by atoms with van der Waals surface area (Å²) >= 11 is 3.07. The second-order valence-corrected chi connectivity index (χ2v) is 5.13. The zero-order valence-electron chi connectivity index (χ0n) is 11.0. The molecule has 0 saturated carbocycles. The lowest BCUT2D eigenvalue weighted by Gasteiger charge is -2.08. The Labute approximate surface area is 125 Å². The van der Waals surface area contributed by atoms with Gasteiger partial charge in [-0.25, -0.2) is 4.39 Å². The number of nitrogens with zero attached hydrogens (tertiary/aromatic N) is 1. The third kappa shape index (κ3) is 3.42. The predicted molar refractivity (Wildman–Crippen MR) is 78.9 cm³/mol. The minimum absolute atomic E-state index is 0.251. The number of carbonyl (C=O) groups excluding carboxylic acids is 1. The lowest BCUT2D eigenvalue weighted by Crippen LogP contribution is -2.24. The van der Waals surface area contributed by atoms with E-state index in [9.17, 15) is 9.18 Å². The van der Waals surface area contributed by atoms with Crippen molar-refractivity contribution in [3.63, 3.8) is 0 Å². The summed E-state index contributed by atoms with van der Waals surface area (Å²) in [5.74, 6) is -0.641. The van der Waals surface area contributed by atoms with E-state index >= 15 is 0 Å². The number of aryl methyl sites for hydroxylation is 1. The highest BCUT2D eigenvalue weighted by Crippen LogP contribution is 2.17. The highest BCUT2D eigenvalue weighted by molar-refractivity contribution is 9.10. The van der Waals surface area contributed by atoms with Gasteiger partial charge in [0.25, 0.3) is 5.91 Å². The summed E-state index contributed by atoms with van der Waals surface area (Å²) < 4.78 is 13.4. The molecule has 1 amide bonds. The lowest BCUT2D eigenvalue weighted by molar-refractivity contribution is 0.0950. The van der Waals surface area contributed by atoms with Gasteiger partial charge in [-0.3, -0.25) is 9.78 Å². The van der Waals surface area contributed by atoms with Gasteiger partial charge in [0.15, 0.2) is 0 Å². The molecule has 2 rings (SSSR count). The van der Waals surface area contributed by atoms with Crippen LogP contribution in [0.3, 0.4) is 0 Å². The molecule has 0 bridgehead atoms. The summed E-state index contributed by atoms with van der Waals surface area (Å²) in [7, 11) is 0. The highest BCUT2D eigenvalue weighted by atomic mass is 79.9. The van der Waals surface area contributed by atoms with Gasteiger partial charge >= 0.3 is 0 Å². The van der Waals surface area contributed by atoms with E-state index in [1.807, 2.05) is 19.1 Å². The van der Waals surface area contributed by atoms with Crippen molar-refractivity contribution < 1.29 is 9.18 Å². The van der Waals surface area contributed by atoms with E-state index in [-0.39, 0.29) is 16.2 Å². The van der Waals surface area contributed by atoms with Crippen molar-refractivity contribution in [1.82, 2.24) is 10.3 Å².